The number of aliphatic carboxylic acids is 1. The molecule has 0 spiro atoms. The number of rotatable bonds is 7. The van der Waals surface area contributed by atoms with E-state index in [-0.39, 0.29) is 46.7 Å². The summed E-state index contributed by atoms with van der Waals surface area (Å²) in [5, 5.41) is 12.6. The molecule has 0 aliphatic carbocycles. The second-order valence-corrected chi connectivity index (χ2v) is 9.36. The van der Waals surface area contributed by atoms with Crippen molar-refractivity contribution in [1.29, 1.82) is 0 Å². The van der Waals surface area contributed by atoms with Gasteiger partial charge in [0, 0.05) is 29.3 Å². The van der Waals surface area contributed by atoms with Crippen LogP contribution in [0.3, 0.4) is 0 Å². The van der Waals surface area contributed by atoms with Gasteiger partial charge in [-0.25, -0.2) is 9.59 Å². The molecule has 1 fully saturated rings. The number of esters is 1. The Kier molecular flexibility index (Phi) is 5.21. The number of fused-ring (bicyclic) bond motifs is 2. The molecule has 1 saturated heterocycles. The molecule has 3 aliphatic rings. The van der Waals surface area contributed by atoms with Crippen LogP contribution in [0.15, 0.2) is 16.4 Å². The minimum Gasteiger partial charge on any atom is -0.478 e. The SMILES string of the molecule is CC(C)(O/N=C(\C(=O)C[C@@H]1C(=O)N2C3=C(COC3=O)CS[C@H]12)c1nsc(N)n1)C(=O)O. The first kappa shape index (κ1) is 21.2. The van der Waals surface area contributed by atoms with Crippen molar-refractivity contribution in [2.45, 2.75) is 31.2 Å². The smallest absolute Gasteiger partial charge is 0.355 e. The number of oxime groups is 1. The number of carboxylic acids is 1. The van der Waals surface area contributed by atoms with Gasteiger partial charge in [0.2, 0.25) is 17.3 Å². The summed E-state index contributed by atoms with van der Waals surface area (Å²) in [4.78, 5) is 59.3. The number of hydrogen-bond acceptors (Lipinski definition) is 12. The van der Waals surface area contributed by atoms with Crippen molar-refractivity contribution in [2.24, 2.45) is 11.1 Å². The van der Waals surface area contributed by atoms with Gasteiger partial charge < -0.3 is 20.4 Å². The Hall–Kier alpha value is -3.00. The van der Waals surface area contributed by atoms with E-state index in [1.807, 2.05) is 0 Å². The molecule has 1 aromatic rings. The Morgan fingerprint density at radius 1 is 1.42 bits per heavy atom. The number of ketones is 1. The summed E-state index contributed by atoms with van der Waals surface area (Å²) in [5.41, 5.74) is 4.59. The zero-order valence-corrected chi connectivity index (χ0v) is 18.0. The number of nitrogen functional groups attached to an aromatic ring is 1. The molecule has 3 N–H and O–H groups in total. The third kappa shape index (κ3) is 3.65. The van der Waals surface area contributed by atoms with Crippen LogP contribution in [0.1, 0.15) is 26.1 Å². The molecule has 0 saturated carbocycles. The topological polar surface area (TPSA) is 174 Å². The number of ether oxygens (including phenoxy) is 1. The number of cyclic esters (lactones) is 1. The van der Waals surface area contributed by atoms with Gasteiger partial charge in [-0.2, -0.15) is 9.36 Å². The van der Waals surface area contributed by atoms with Gasteiger partial charge >= 0.3 is 11.9 Å². The van der Waals surface area contributed by atoms with Crippen LogP contribution in [0.25, 0.3) is 0 Å². The normalized spacial score (nSPS) is 23.2. The molecule has 0 aromatic carbocycles. The highest BCUT2D eigenvalue weighted by Crippen LogP contribution is 2.46. The Morgan fingerprint density at radius 3 is 2.81 bits per heavy atom. The van der Waals surface area contributed by atoms with Gasteiger partial charge in [0.25, 0.3) is 0 Å². The average Bonchev–Trinajstić information content (AvgIpc) is 3.30. The highest BCUT2D eigenvalue weighted by molar-refractivity contribution is 8.00. The lowest BCUT2D eigenvalue weighted by Gasteiger charge is -2.48. The molecule has 0 radical (unpaired) electrons. The summed E-state index contributed by atoms with van der Waals surface area (Å²) >= 11 is 2.28. The van der Waals surface area contributed by atoms with Crippen molar-refractivity contribution in [3.63, 3.8) is 0 Å². The first-order chi connectivity index (χ1) is 14.6. The van der Waals surface area contributed by atoms with Crippen LogP contribution in [-0.4, -0.2) is 72.0 Å². The maximum atomic E-state index is 13.0. The van der Waals surface area contributed by atoms with E-state index >= 15 is 0 Å². The van der Waals surface area contributed by atoms with Gasteiger partial charge in [-0.3, -0.25) is 14.5 Å². The third-order valence-electron chi connectivity index (χ3n) is 4.93. The first-order valence-corrected chi connectivity index (χ1v) is 10.9. The van der Waals surface area contributed by atoms with E-state index in [1.54, 1.807) is 0 Å². The fourth-order valence-electron chi connectivity index (χ4n) is 3.18. The number of β-lactam (4-membered cyclic amide) rings is 1. The van der Waals surface area contributed by atoms with Crippen molar-refractivity contribution in [3.05, 3.63) is 17.1 Å². The molecule has 2 atom stereocenters. The first-order valence-electron chi connectivity index (χ1n) is 9.06. The number of thioether (sulfide) groups is 1. The summed E-state index contributed by atoms with van der Waals surface area (Å²) in [5.74, 6) is -3.06. The van der Waals surface area contributed by atoms with E-state index in [0.29, 0.717) is 5.75 Å². The minimum atomic E-state index is -1.71. The van der Waals surface area contributed by atoms with Crippen LogP contribution in [0.5, 0.6) is 0 Å². The Balaban J connectivity index is 1.54. The van der Waals surface area contributed by atoms with Gasteiger partial charge in [-0.1, -0.05) is 5.16 Å². The van der Waals surface area contributed by atoms with Gasteiger partial charge in [0.15, 0.2) is 16.6 Å². The Morgan fingerprint density at radius 2 is 2.16 bits per heavy atom. The van der Waals surface area contributed by atoms with E-state index < -0.39 is 29.2 Å². The fourth-order valence-corrected chi connectivity index (χ4v) is 5.01. The molecule has 164 valence electrons. The third-order valence-corrected chi connectivity index (χ3v) is 6.87. The zero-order chi connectivity index (χ0) is 22.5. The Labute approximate surface area is 183 Å². The maximum absolute atomic E-state index is 13.0. The summed E-state index contributed by atoms with van der Waals surface area (Å²) in [7, 11) is 0. The molecule has 0 unspecified atom stereocenters. The predicted molar refractivity (Wildman–Crippen MR) is 108 cm³/mol. The van der Waals surface area contributed by atoms with E-state index in [2.05, 4.69) is 14.5 Å². The monoisotopic (exact) mass is 467 g/mol. The van der Waals surface area contributed by atoms with Gasteiger partial charge in [-0.05, 0) is 13.8 Å². The van der Waals surface area contributed by atoms with Crippen LogP contribution in [0.4, 0.5) is 5.13 Å². The number of amides is 1. The number of Topliss-reactive ketones (excluding diaryl/α,β-unsaturated/α-hetero) is 1. The van der Waals surface area contributed by atoms with Crippen molar-refractivity contribution in [2.75, 3.05) is 18.1 Å². The number of carboxylic acid groups (broad SMARTS) is 1. The number of carbonyl (C=O) groups is 4. The molecule has 31 heavy (non-hydrogen) atoms. The van der Waals surface area contributed by atoms with E-state index in [9.17, 15) is 24.3 Å². The number of aromatic nitrogens is 2. The van der Waals surface area contributed by atoms with Gasteiger partial charge in [0.05, 0.1) is 11.3 Å². The molecule has 4 heterocycles. The molecule has 14 heteroatoms. The number of nitrogens with zero attached hydrogens (tertiary/aromatic N) is 4. The van der Waals surface area contributed by atoms with Crippen LogP contribution >= 0.6 is 23.3 Å². The predicted octanol–water partition coefficient (Wildman–Crippen LogP) is 0.00560. The quantitative estimate of drug-likeness (QED) is 0.239. The summed E-state index contributed by atoms with van der Waals surface area (Å²) in [6, 6.07) is 0. The van der Waals surface area contributed by atoms with Crippen molar-refractivity contribution in [1.82, 2.24) is 14.3 Å². The Bertz CT molecular complexity index is 1060. The van der Waals surface area contributed by atoms with Crippen LogP contribution < -0.4 is 5.73 Å². The zero-order valence-electron chi connectivity index (χ0n) is 16.4. The number of hydrogen-bond donors (Lipinski definition) is 2. The molecule has 12 nitrogen and oxygen atoms in total. The van der Waals surface area contributed by atoms with Gasteiger partial charge in [-0.15, -0.1) is 11.8 Å². The number of carbonyl (C=O) groups excluding carboxylic acids is 3. The summed E-state index contributed by atoms with van der Waals surface area (Å²) < 4.78 is 8.95. The van der Waals surface area contributed by atoms with Gasteiger partial charge in [0.1, 0.15) is 12.3 Å². The molecule has 1 aromatic heterocycles. The minimum absolute atomic E-state index is 0.0842. The average molecular weight is 467 g/mol. The summed E-state index contributed by atoms with van der Waals surface area (Å²) in [6.07, 6.45) is -0.237. The van der Waals surface area contributed by atoms with E-state index in [4.69, 9.17) is 15.3 Å². The molecular weight excluding hydrogens is 450 g/mol. The largest absolute Gasteiger partial charge is 0.478 e. The second-order valence-electron chi connectivity index (χ2n) is 7.47. The highest BCUT2D eigenvalue weighted by atomic mass is 32.2. The van der Waals surface area contributed by atoms with Crippen molar-refractivity contribution in [3.8, 4) is 0 Å². The second kappa shape index (κ2) is 7.60. The lowest BCUT2D eigenvalue weighted by atomic mass is 9.89. The van der Waals surface area contributed by atoms with Crippen molar-refractivity contribution < 1.29 is 33.9 Å². The van der Waals surface area contributed by atoms with E-state index in [1.165, 1.54) is 30.5 Å². The lowest BCUT2D eigenvalue weighted by molar-refractivity contribution is -0.161. The van der Waals surface area contributed by atoms with Crippen LogP contribution in [-0.2, 0) is 28.8 Å². The molecule has 4 rings (SSSR count). The summed E-state index contributed by atoms with van der Waals surface area (Å²) in [6.45, 7) is 2.70. The molecule has 3 aliphatic heterocycles. The van der Waals surface area contributed by atoms with Crippen molar-refractivity contribution >= 4 is 57.8 Å². The number of nitrogens with two attached hydrogens (primary N) is 1. The van der Waals surface area contributed by atoms with E-state index in [0.717, 1.165) is 17.1 Å². The highest BCUT2D eigenvalue weighted by Gasteiger charge is 2.55. The fraction of sp³-hybridized carbons (Fsp3) is 0.471. The lowest BCUT2D eigenvalue weighted by Crippen LogP contribution is -2.61. The number of anilines is 1. The van der Waals surface area contributed by atoms with Crippen LogP contribution in [0, 0.1) is 5.92 Å². The molecule has 0 bridgehead atoms. The molecular formula is C17H17N5O7S2. The molecule has 1 amide bonds. The standard InChI is InChI=1S/C17H17N5O7S2/c1-17(2,15(26)27)29-20-9(11-19-16(18)31-21-11)8(23)3-7-12(24)22-10-6(4-28-14(10)25)5-30-13(7)22/h7,13H,3-5H2,1-2H3,(H,26,27)(H2,18,19,21)/b20-9+/t7-,13-/m1/s1. The maximum Gasteiger partial charge on any atom is 0.355 e. The van der Waals surface area contributed by atoms with Crippen LogP contribution in [0.2, 0.25) is 0 Å².